The number of hydrogen-bond acceptors (Lipinski definition) is 3. The van der Waals surface area contributed by atoms with Crippen molar-refractivity contribution >= 4 is 11.7 Å². The first-order valence-electron chi connectivity index (χ1n) is 7.03. The molecule has 110 valence electrons. The lowest BCUT2D eigenvalue weighted by molar-refractivity contribution is -0.00718. The molecular weight excluding hydrogens is 257 g/mol. The van der Waals surface area contributed by atoms with E-state index in [-0.39, 0.29) is 22.8 Å². The normalized spacial score (nSPS) is 25.2. The number of carbonyl (C=O) groups excluding carboxylic acids is 1. The second kappa shape index (κ2) is 5.43. The van der Waals surface area contributed by atoms with Crippen molar-refractivity contribution in [2.24, 2.45) is 11.3 Å². The van der Waals surface area contributed by atoms with E-state index in [1.54, 1.807) is 0 Å². The van der Waals surface area contributed by atoms with Crippen LogP contribution in [-0.2, 0) is 4.74 Å². The summed E-state index contributed by atoms with van der Waals surface area (Å²) >= 11 is 0. The number of anilines is 1. The third-order valence-corrected chi connectivity index (χ3v) is 3.86. The summed E-state index contributed by atoms with van der Waals surface area (Å²) in [5.74, 6) is -0.532. The van der Waals surface area contributed by atoms with Gasteiger partial charge in [0.05, 0.1) is 11.3 Å². The first-order valence-corrected chi connectivity index (χ1v) is 7.03. The van der Waals surface area contributed by atoms with E-state index in [1.165, 1.54) is 12.1 Å². The molecule has 1 aliphatic rings. The quantitative estimate of drug-likeness (QED) is 0.662. The van der Waals surface area contributed by atoms with E-state index >= 15 is 0 Å². The lowest BCUT2D eigenvalue weighted by Crippen LogP contribution is -2.34. The Labute approximate surface area is 119 Å². The van der Waals surface area contributed by atoms with E-state index in [0.29, 0.717) is 5.92 Å². The van der Waals surface area contributed by atoms with Crippen LogP contribution < -0.4 is 5.73 Å². The summed E-state index contributed by atoms with van der Waals surface area (Å²) in [6.07, 6.45) is 2.76. The van der Waals surface area contributed by atoms with Crippen LogP contribution >= 0.6 is 0 Å². The number of benzene rings is 1. The highest BCUT2D eigenvalue weighted by atomic mass is 19.1. The molecule has 1 aromatic carbocycles. The van der Waals surface area contributed by atoms with Crippen LogP contribution in [0.5, 0.6) is 0 Å². The predicted octanol–water partition coefficient (Wildman–Crippen LogP) is 3.78. The first-order chi connectivity index (χ1) is 9.27. The predicted molar refractivity (Wildman–Crippen MR) is 76.8 cm³/mol. The van der Waals surface area contributed by atoms with Gasteiger partial charge < -0.3 is 10.5 Å². The van der Waals surface area contributed by atoms with Crippen molar-refractivity contribution < 1.29 is 13.9 Å². The zero-order chi connectivity index (χ0) is 14.9. The number of nitrogen functional groups attached to an aromatic ring is 1. The molecular formula is C16H22FNO2. The highest BCUT2D eigenvalue weighted by molar-refractivity contribution is 5.90. The number of halogens is 1. The highest BCUT2D eigenvalue weighted by Gasteiger charge is 2.34. The van der Waals surface area contributed by atoms with Crippen LogP contribution in [0.25, 0.3) is 0 Å². The number of nitrogens with two attached hydrogens (primary N) is 1. The molecule has 20 heavy (non-hydrogen) atoms. The molecule has 0 aliphatic heterocycles. The molecule has 4 heteroatoms. The lowest BCUT2D eigenvalue weighted by Gasteiger charge is -2.38. The summed E-state index contributed by atoms with van der Waals surface area (Å²) < 4.78 is 18.9. The third kappa shape index (κ3) is 3.50. The summed E-state index contributed by atoms with van der Waals surface area (Å²) in [5, 5.41) is 0. The van der Waals surface area contributed by atoms with E-state index in [1.807, 2.05) is 0 Å². The van der Waals surface area contributed by atoms with Crippen molar-refractivity contribution in [3.8, 4) is 0 Å². The minimum Gasteiger partial charge on any atom is -0.459 e. The Morgan fingerprint density at radius 3 is 2.70 bits per heavy atom. The first kappa shape index (κ1) is 14.8. The monoisotopic (exact) mass is 279 g/mol. The van der Waals surface area contributed by atoms with Gasteiger partial charge in [-0.15, -0.1) is 0 Å². The average Bonchev–Trinajstić information content (AvgIpc) is 2.29. The van der Waals surface area contributed by atoms with Gasteiger partial charge in [-0.2, -0.15) is 0 Å². The smallest absolute Gasteiger partial charge is 0.338 e. The zero-order valence-electron chi connectivity index (χ0n) is 12.3. The van der Waals surface area contributed by atoms with Crippen LogP contribution in [-0.4, -0.2) is 12.1 Å². The van der Waals surface area contributed by atoms with E-state index in [0.717, 1.165) is 25.3 Å². The summed E-state index contributed by atoms with van der Waals surface area (Å²) in [5.41, 5.74) is 5.83. The van der Waals surface area contributed by atoms with E-state index in [2.05, 4.69) is 20.8 Å². The Morgan fingerprint density at radius 2 is 2.10 bits per heavy atom. The van der Waals surface area contributed by atoms with E-state index < -0.39 is 11.8 Å². The van der Waals surface area contributed by atoms with Crippen molar-refractivity contribution in [2.75, 3.05) is 5.73 Å². The fourth-order valence-electron chi connectivity index (χ4n) is 3.22. The molecule has 0 heterocycles. The fourth-order valence-corrected chi connectivity index (χ4v) is 3.22. The Kier molecular flexibility index (Phi) is 4.02. The molecule has 0 radical (unpaired) electrons. The average molecular weight is 279 g/mol. The van der Waals surface area contributed by atoms with Gasteiger partial charge in [0.2, 0.25) is 0 Å². The summed E-state index contributed by atoms with van der Waals surface area (Å²) in [6, 6.07) is 4.02. The number of ether oxygens (including phenoxy) is 1. The standard InChI is InChI=1S/C16H22FNO2/c1-10-6-12(9-16(2,3)8-10)20-15(19)11-4-5-14(18)13(17)7-11/h4-5,7,10,12H,6,8-9,18H2,1-3H3. The second-order valence-electron chi connectivity index (χ2n) is 6.68. The molecule has 1 aliphatic carbocycles. The van der Waals surface area contributed by atoms with Gasteiger partial charge in [0, 0.05) is 0 Å². The molecule has 2 rings (SSSR count). The third-order valence-electron chi connectivity index (χ3n) is 3.86. The molecule has 0 bridgehead atoms. The Morgan fingerprint density at radius 1 is 1.40 bits per heavy atom. The van der Waals surface area contributed by atoms with Crippen molar-refractivity contribution in [1.29, 1.82) is 0 Å². The molecule has 3 nitrogen and oxygen atoms in total. The molecule has 0 spiro atoms. The van der Waals surface area contributed by atoms with Gasteiger partial charge in [-0.1, -0.05) is 20.8 Å². The highest BCUT2D eigenvalue weighted by Crippen LogP contribution is 2.39. The van der Waals surface area contributed by atoms with Gasteiger partial charge in [0.25, 0.3) is 0 Å². The molecule has 2 unspecified atom stereocenters. The van der Waals surface area contributed by atoms with Crippen LogP contribution in [0.3, 0.4) is 0 Å². The maximum absolute atomic E-state index is 13.4. The number of hydrogen-bond donors (Lipinski definition) is 1. The molecule has 1 fully saturated rings. The van der Waals surface area contributed by atoms with Gasteiger partial charge in [0.1, 0.15) is 11.9 Å². The van der Waals surface area contributed by atoms with Crippen LogP contribution in [0.2, 0.25) is 0 Å². The minimum atomic E-state index is -0.586. The molecule has 2 atom stereocenters. The Balaban J connectivity index is 2.05. The zero-order valence-corrected chi connectivity index (χ0v) is 12.3. The van der Waals surface area contributed by atoms with Crippen molar-refractivity contribution in [1.82, 2.24) is 0 Å². The van der Waals surface area contributed by atoms with E-state index in [4.69, 9.17) is 10.5 Å². The molecule has 1 aromatic rings. The maximum Gasteiger partial charge on any atom is 0.338 e. The molecule has 0 aromatic heterocycles. The SMILES string of the molecule is CC1CC(OC(=O)c2ccc(N)c(F)c2)CC(C)(C)C1. The summed E-state index contributed by atoms with van der Waals surface area (Å²) in [7, 11) is 0. The largest absolute Gasteiger partial charge is 0.459 e. The van der Waals surface area contributed by atoms with Crippen molar-refractivity contribution in [3.05, 3.63) is 29.6 Å². The lowest BCUT2D eigenvalue weighted by atomic mass is 9.71. The van der Waals surface area contributed by atoms with Gasteiger partial charge >= 0.3 is 5.97 Å². The van der Waals surface area contributed by atoms with Crippen LogP contribution in [0.15, 0.2) is 18.2 Å². The molecule has 2 N–H and O–H groups in total. The van der Waals surface area contributed by atoms with Crippen molar-refractivity contribution in [2.45, 2.75) is 46.1 Å². The van der Waals surface area contributed by atoms with Crippen LogP contribution in [0.1, 0.15) is 50.4 Å². The molecule has 0 saturated heterocycles. The van der Waals surface area contributed by atoms with E-state index in [9.17, 15) is 9.18 Å². The minimum absolute atomic E-state index is 0.0361. The van der Waals surface area contributed by atoms with Crippen LogP contribution in [0.4, 0.5) is 10.1 Å². The van der Waals surface area contributed by atoms with Crippen molar-refractivity contribution in [3.63, 3.8) is 0 Å². The Hall–Kier alpha value is -1.58. The van der Waals surface area contributed by atoms with Gasteiger partial charge in [-0.25, -0.2) is 9.18 Å². The van der Waals surface area contributed by atoms with Gasteiger partial charge in [-0.05, 0) is 48.8 Å². The Bertz CT molecular complexity index is 513. The second-order valence-corrected chi connectivity index (χ2v) is 6.68. The number of rotatable bonds is 2. The fraction of sp³-hybridized carbons (Fsp3) is 0.562. The van der Waals surface area contributed by atoms with Gasteiger partial charge in [-0.3, -0.25) is 0 Å². The van der Waals surface area contributed by atoms with Crippen LogP contribution in [0, 0.1) is 17.2 Å². The topological polar surface area (TPSA) is 52.3 Å². The maximum atomic E-state index is 13.4. The summed E-state index contributed by atoms with van der Waals surface area (Å²) in [6.45, 7) is 6.55. The molecule has 0 amide bonds. The molecule has 1 saturated carbocycles. The number of carbonyl (C=O) groups is 1. The summed E-state index contributed by atoms with van der Waals surface area (Å²) in [4.78, 5) is 12.1. The van der Waals surface area contributed by atoms with Gasteiger partial charge in [0.15, 0.2) is 0 Å². The number of esters is 1.